The molecular formula is C13H11N3O2. The largest absolute Gasteiger partial charge is 0.478 e. The molecule has 0 saturated carbocycles. The van der Waals surface area contributed by atoms with E-state index in [2.05, 4.69) is 9.97 Å². The van der Waals surface area contributed by atoms with E-state index in [0.717, 1.165) is 24.2 Å². The summed E-state index contributed by atoms with van der Waals surface area (Å²) in [7, 11) is 0. The Bertz CT molecular complexity index is 598. The number of carboxylic acid groups (broad SMARTS) is 1. The highest BCUT2D eigenvalue weighted by atomic mass is 16.4. The molecule has 0 saturated heterocycles. The molecule has 2 aromatic rings. The van der Waals surface area contributed by atoms with Crippen molar-refractivity contribution < 1.29 is 9.90 Å². The van der Waals surface area contributed by atoms with E-state index >= 15 is 0 Å². The number of rotatable bonds is 2. The second-order valence-electron chi connectivity index (χ2n) is 4.10. The number of anilines is 2. The Kier molecular flexibility index (Phi) is 2.44. The monoisotopic (exact) mass is 241 g/mol. The van der Waals surface area contributed by atoms with Gasteiger partial charge >= 0.3 is 5.97 Å². The molecule has 0 fully saturated rings. The van der Waals surface area contributed by atoms with Crippen LogP contribution in [0, 0.1) is 0 Å². The van der Waals surface area contributed by atoms with Gasteiger partial charge in [0.05, 0.1) is 5.56 Å². The smallest absolute Gasteiger partial charge is 0.335 e. The zero-order valence-corrected chi connectivity index (χ0v) is 9.58. The van der Waals surface area contributed by atoms with E-state index in [1.807, 2.05) is 11.0 Å². The number of benzene rings is 1. The molecule has 2 heterocycles. The second kappa shape index (κ2) is 4.10. The van der Waals surface area contributed by atoms with Crippen molar-refractivity contribution in [2.75, 3.05) is 11.4 Å². The normalized spacial score (nSPS) is 13.4. The lowest BCUT2D eigenvalue weighted by atomic mass is 10.1. The van der Waals surface area contributed by atoms with E-state index in [1.54, 1.807) is 30.6 Å². The Morgan fingerprint density at radius 2 is 2.06 bits per heavy atom. The summed E-state index contributed by atoms with van der Waals surface area (Å²) in [6, 6.07) is 6.93. The number of carboxylic acids is 1. The first-order valence-corrected chi connectivity index (χ1v) is 5.66. The molecule has 3 rings (SSSR count). The zero-order valence-electron chi connectivity index (χ0n) is 9.58. The maximum absolute atomic E-state index is 10.9. The molecule has 90 valence electrons. The summed E-state index contributed by atoms with van der Waals surface area (Å²) >= 11 is 0. The van der Waals surface area contributed by atoms with E-state index in [4.69, 9.17) is 5.11 Å². The van der Waals surface area contributed by atoms with Gasteiger partial charge in [0.2, 0.25) is 5.95 Å². The van der Waals surface area contributed by atoms with E-state index in [-0.39, 0.29) is 0 Å². The van der Waals surface area contributed by atoms with Crippen LogP contribution in [-0.4, -0.2) is 27.6 Å². The number of aromatic carboxylic acids is 1. The van der Waals surface area contributed by atoms with E-state index in [9.17, 15) is 4.79 Å². The van der Waals surface area contributed by atoms with Crippen LogP contribution in [0.3, 0.4) is 0 Å². The minimum atomic E-state index is -0.896. The molecule has 1 aliphatic rings. The number of fused-ring (bicyclic) bond motifs is 1. The predicted molar refractivity (Wildman–Crippen MR) is 66.1 cm³/mol. The van der Waals surface area contributed by atoms with Gasteiger partial charge in [-0.25, -0.2) is 14.8 Å². The van der Waals surface area contributed by atoms with Gasteiger partial charge in [-0.15, -0.1) is 0 Å². The Morgan fingerprint density at radius 1 is 1.28 bits per heavy atom. The molecule has 1 aromatic carbocycles. The van der Waals surface area contributed by atoms with Crippen molar-refractivity contribution in [1.82, 2.24) is 9.97 Å². The number of hydrogen-bond acceptors (Lipinski definition) is 4. The van der Waals surface area contributed by atoms with Crippen LogP contribution in [0.2, 0.25) is 0 Å². The summed E-state index contributed by atoms with van der Waals surface area (Å²) < 4.78 is 0. The predicted octanol–water partition coefficient (Wildman–Crippen LogP) is 1.87. The molecule has 1 aliphatic heterocycles. The highest BCUT2D eigenvalue weighted by Gasteiger charge is 2.23. The van der Waals surface area contributed by atoms with Crippen molar-refractivity contribution >= 4 is 17.6 Å². The van der Waals surface area contributed by atoms with Crippen LogP contribution in [0.25, 0.3) is 0 Å². The number of nitrogens with zero attached hydrogens (tertiary/aromatic N) is 3. The van der Waals surface area contributed by atoms with Gasteiger partial charge < -0.3 is 10.0 Å². The summed E-state index contributed by atoms with van der Waals surface area (Å²) in [5.74, 6) is -0.244. The fraction of sp³-hybridized carbons (Fsp3) is 0.154. The maximum atomic E-state index is 10.9. The van der Waals surface area contributed by atoms with Gasteiger partial charge in [0.1, 0.15) is 0 Å². The van der Waals surface area contributed by atoms with Crippen LogP contribution >= 0.6 is 0 Å². The minimum Gasteiger partial charge on any atom is -0.478 e. The fourth-order valence-corrected chi connectivity index (χ4v) is 2.17. The SMILES string of the molecule is O=C(O)c1ccc2c(c1)CCN2c1ncccn1. The van der Waals surface area contributed by atoms with Crippen LogP contribution in [0.15, 0.2) is 36.7 Å². The molecular weight excluding hydrogens is 230 g/mol. The zero-order chi connectivity index (χ0) is 12.5. The quantitative estimate of drug-likeness (QED) is 0.869. The van der Waals surface area contributed by atoms with Gasteiger partial charge in [0.15, 0.2) is 0 Å². The first-order chi connectivity index (χ1) is 8.75. The van der Waals surface area contributed by atoms with Crippen LogP contribution in [0.5, 0.6) is 0 Å². The summed E-state index contributed by atoms with van der Waals surface area (Å²) in [6.07, 6.45) is 4.21. The Morgan fingerprint density at radius 3 is 2.78 bits per heavy atom. The molecule has 0 atom stereocenters. The molecule has 1 aromatic heterocycles. The molecule has 0 aliphatic carbocycles. The van der Waals surface area contributed by atoms with Crippen LogP contribution in [0.1, 0.15) is 15.9 Å². The Balaban J connectivity index is 2.00. The van der Waals surface area contributed by atoms with Gasteiger partial charge in [-0.2, -0.15) is 0 Å². The highest BCUT2D eigenvalue weighted by molar-refractivity contribution is 5.89. The Labute approximate surface area is 104 Å². The lowest BCUT2D eigenvalue weighted by Crippen LogP contribution is -2.15. The topological polar surface area (TPSA) is 66.3 Å². The highest BCUT2D eigenvalue weighted by Crippen LogP contribution is 2.32. The maximum Gasteiger partial charge on any atom is 0.335 e. The first kappa shape index (κ1) is 10.7. The van der Waals surface area contributed by atoms with Gasteiger partial charge in [0, 0.05) is 24.6 Å². The first-order valence-electron chi connectivity index (χ1n) is 5.66. The standard InChI is InChI=1S/C13H11N3O2/c17-12(18)10-2-3-11-9(8-10)4-7-16(11)13-14-5-1-6-15-13/h1-3,5-6,8H,4,7H2,(H,17,18). The summed E-state index contributed by atoms with van der Waals surface area (Å²) in [5, 5.41) is 8.96. The molecule has 1 N–H and O–H groups in total. The molecule has 0 radical (unpaired) electrons. The van der Waals surface area contributed by atoms with Crippen LogP contribution in [0.4, 0.5) is 11.6 Å². The second-order valence-corrected chi connectivity index (χ2v) is 4.10. The number of hydrogen-bond donors (Lipinski definition) is 1. The third-order valence-electron chi connectivity index (χ3n) is 3.02. The minimum absolute atomic E-state index is 0.324. The lowest BCUT2D eigenvalue weighted by Gasteiger charge is -2.16. The Hall–Kier alpha value is -2.43. The summed E-state index contributed by atoms with van der Waals surface area (Å²) in [5.41, 5.74) is 2.35. The van der Waals surface area contributed by atoms with E-state index in [1.165, 1.54) is 0 Å². The van der Waals surface area contributed by atoms with Crippen molar-refractivity contribution in [1.29, 1.82) is 0 Å². The van der Waals surface area contributed by atoms with Crippen molar-refractivity contribution in [3.63, 3.8) is 0 Å². The fourth-order valence-electron chi connectivity index (χ4n) is 2.17. The van der Waals surface area contributed by atoms with Crippen molar-refractivity contribution in [3.05, 3.63) is 47.8 Å². The molecule has 5 nitrogen and oxygen atoms in total. The third-order valence-corrected chi connectivity index (χ3v) is 3.02. The molecule has 18 heavy (non-hydrogen) atoms. The van der Waals surface area contributed by atoms with Crippen molar-refractivity contribution in [2.45, 2.75) is 6.42 Å². The van der Waals surface area contributed by atoms with Crippen molar-refractivity contribution in [3.8, 4) is 0 Å². The average Bonchev–Trinajstić information content (AvgIpc) is 2.82. The van der Waals surface area contributed by atoms with E-state index < -0.39 is 5.97 Å². The molecule has 0 amide bonds. The van der Waals surface area contributed by atoms with Gasteiger partial charge in [0.25, 0.3) is 0 Å². The van der Waals surface area contributed by atoms with Gasteiger partial charge in [-0.1, -0.05) is 0 Å². The van der Waals surface area contributed by atoms with Crippen LogP contribution < -0.4 is 4.90 Å². The number of carbonyl (C=O) groups is 1. The summed E-state index contributed by atoms with van der Waals surface area (Å²) in [4.78, 5) is 21.3. The molecule has 0 unspecified atom stereocenters. The third kappa shape index (κ3) is 1.69. The average molecular weight is 241 g/mol. The van der Waals surface area contributed by atoms with Crippen molar-refractivity contribution in [2.24, 2.45) is 0 Å². The molecule has 0 spiro atoms. The number of aromatic nitrogens is 2. The van der Waals surface area contributed by atoms with E-state index in [0.29, 0.717) is 11.5 Å². The van der Waals surface area contributed by atoms with Gasteiger partial charge in [-0.3, -0.25) is 0 Å². The molecule has 5 heteroatoms. The molecule has 0 bridgehead atoms. The summed E-state index contributed by atoms with van der Waals surface area (Å²) in [6.45, 7) is 0.780. The van der Waals surface area contributed by atoms with Crippen LogP contribution in [-0.2, 0) is 6.42 Å². The lowest BCUT2D eigenvalue weighted by molar-refractivity contribution is 0.0697. The van der Waals surface area contributed by atoms with Gasteiger partial charge in [-0.05, 0) is 36.2 Å².